The van der Waals surface area contributed by atoms with Gasteiger partial charge in [-0.05, 0) is 55.5 Å². The highest BCUT2D eigenvalue weighted by atomic mass is 16.1. The number of aryl methyl sites for hydroxylation is 2. The summed E-state index contributed by atoms with van der Waals surface area (Å²) in [6.07, 6.45) is 5.42. The van der Waals surface area contributed by atoms with E-state index in [0.29, 0.717) is 22.4 Å². The van der Waals surface area contributed by atoms with Crippen LogP contribution in [0.1, 0.15) is 40.5 Å². The summed E-state index contributed by atoms with van der Waals surface area (Å²) < 4.78 is 1.43. The molecule has 0 bridgehead atoms. The van der Waals surface area contributed by atoms with E-state index < -0.39 is 0 Å². The topological polar surface area (TPSA) is 76.9 Å². The first-order valence-corrected chi connectivity index (χ1v) is 8.72. The van der Waals surface area contributed by atoms with E-state index in [1.165, 1.54) is 10.9 Å². The van der Waals surface area contributed by atoms with Gasteiger partial charge in [-0.1, -0.05) is 6.07 Å². The SMILES string of the molecule is Cc1cccnc1[C@H](NC(=O)c1ccc2c(=O)n(C)cnc2c1)C1CC1. The van der Waals surface area contributed by atoms with Crippen molar-refractivity contribution in [2.24, 2.45) is 13.0 Å². The minimum atomic E-state index is -0.170. The lowest BCUT2D eigenvalue weighted by atomic mass is 10.0. The first-order valence-electron chi connectivity index (χ1n) is 8.72. The third-order valence-corrected chi connectivity index (χ3v) is 4.91. The average Bonchev–Trinajstić information content (AvgIpc) is 3.48. The van der Waals surface area contributed by atoms with Crippen LogP contribution in [0.25, 0.3) is 10.9 Å². The molecule has 1 atom stereocenters. The molecule has 4 rings (SSSR count). The van der Waals surface area contributed by atoms with Crippen LogP contribution in [-0.2, 0) is 7.05 Å². The van der Waals surface area contributed by atoms with Crippen LogP contribution in [0.4, 0.5) is 0 Å². The van der Waals surface area contributed by atoms with Crippen molar-refractivity contribution in [2.75, 3.05) is 0 Å². The number of fused-ring (bicyclic) bond motifs is 1. The quantitative estimate of drug-likeness (QED) is 0.786. The first-order chi connectivity index (χ1) is 12.5. The standard InChI is InChI=1S/C20H20N4O2/c1-12-4-3-9-21-17(12)18(13-5-6-13)23-19(25)14-7-8-15-16(10-14)22-11-24(2)20(15)26/h3-4,7-11,13,18H,5-6H2,1-2H3,(H,23,25)/t18-/m1/s1. The van der Waals surface area contributed by atoms with E-state index in [-0.39, 0.29) is 17.5 Å². The number of pyridine rings is 1. The van der Waals surface area contributed by atoms with E-state index in [2.05, 4.69) is 15.3 Å². The van der Waals surface area contributed by atoms with E-state index in [1.807, 2.05) is 19.1 Å². The van der Waals surface area contributed by atoms with E-state index in [4.69, 9.17) is 0 Å². The molecule has 0 aliphatic heterocycles. The Balaban J connectivity index is 1.65. The fraction of sp³-hybridized carbons (Fsp3) is 0.300. The number of nitrogens with zero attached hydrogens (tertiary/aromatic N) is 3. The second-order valence-electron chi connectivity index (χ2n) is 6.89. The minimum Gasteiger partial charge on any atom is -0.343 e. The number of hydrogen-bond donors (Lipinski definition) is 1. The molecule has 3 aromatic rings. The molecule has 6 nitrogen and oxygen atoms in total. The summed E-state index contributed by atoms with van der Waals surface area (Å²) >= 11 is 0. The predicted octanol–water partition coefficient (Wildman–Crippen LogP) is 2.52. The van der Waals surface area contributed by atoms with Gasteiger partial charge in [-0.15, -0.1) is 0 Å². The average molecular weight is 348 g/mol. The number of aromatic nitrogens is 3. The third kappa shape index (κ3) is 2.98. The maximum absolute atomic E-state index is 12.8. The highest BCUT2D eigenvalue weighted by molar-refractivity contribution is 5.97. The van der Waals surface area contributed by atoms with E-state index in [0.717, 1.165) is 24.1 Å². The van der Waals surface area contributed by atoms with Gasteiger partial charge in [0.05, 0.1) is 29.0 Å². The number of carbonyl (C=O) groups is 1. The van der Waals surface area contributed by atoms with Gasteiger partial charge in [0, 0.05) is 18.8 Å². The highest BCUT2D eigenvalue weighted by Gasteiger charge is 2.35. The lowest BCUT2D eigenvalue weighted by Gasteiger charge is -2.19. The zero-order valence-corrected chi connectivity index (χ0v) is 14.8. The lowest BCUT2D eigenvalue weighted by Crippen LogP contribution is -2.31. The van der Waals surface area contributed by atoms with E-state index >= 15 is 0 Å². The van der Waals surface area contributed by atoms with Crippen molar-refractivity contribution in [3.05, 3.63) is 70.0 Å². The molecule has 2 aromatic heterocycles. The van der Waals surface area contributed by atoms with Crippen molar-refractivity contribution in [2.45, 2.75) is 25.8 Å². The van der Waals surface area contributed by atoms with Gasteiger partial charge in [0.15, 0.2) is 0 Å². The van der Waals surface area contributed by atoms with Crippen LogP contribution >= 0.6 is 0 Å². The number of amides is 1. The zero-order valence-electron chi connectivity index (χ0n) is 14.8. The smallest absolute Gasteiger partial charge is 0.260 e. The Morgan fingerprint density at radius 3 is 2.81 bits per heavy atom. The largest absolute Gasteiger partial charge is 0.343 e. The summed E-state index contributed by atoms with van der Waals surface area (Å²) in [5.41, 5.74) is 2.90. The zero-order chi connectivity index (χ0) is 18.3. The second kappa shape index (κ2) is 6.37. The molecule has 0 unspecified atom stereocenters. The highest BCUT2D eigenvalue weighted by Crippen LogP contribution is 2.41. The molecule has 0 saturated heterocycles. The fourth-order valence-corrected chi connectivity index (χ4v) is 3.24. The molecule has 1 aliphatic carbocycles. The molecule has 2 heterocycles. The van der Waals surface area contributed by atoms with E-state index in [9.17, 15) is 9.59 Å². The molecule has 1 saturated carbocycles. The number of benzene rings is 1. The van der Waals surface area contributed by atoms with Crippen molar-refractivity contribution in [1.29, 1.82) is 0 Å². The Morgan fingerprint density at radius 2 is 2.08 bits per heavy atom. The molecule has 1 aliphatic rings. The van der Waals surface area contributed by atoms with Crippen molar-refractivity contribution < 1.29 is 4.79 Å². The van der Waals surface area contributed by atoms with Crippen LogP contribution in [0.5, 0.6) is 0 Å². The molecule has 1 aromatic carbocycles. The lowest BCUT2D eigenvalue weighted by molar-refractivity contribution is 0.0930. The van der Waals surface area contributed by atoms with Gasteiger partial charge in [-0.2, -0.15) is 0 Å². The van der Waals surface area contributed by atoms with Crippen LogP contribution in [0.3, 0.4) is 0 Å². The minimum absolute atomic E-state index is 0.0870. The van der Waals surface area contributed by atoms with Crippen LogP contribution in [0.2, 0.25) is 0 Å². The van der Waals surface area contributed by atoms with Crippen molar-refractivity contribution in [3.8, 4) is 0 Å². The molecule has 132 valence electrons. The predicted molar refractivity (Wildman–Crippen MR) is 98.9 cm³/mol. The van der Waals surface area contributed by atoms with Gasteiger partial charge < -0.3 is 9.88 Å². The molecule has 1 N–H and O–H groups in total. The summed E-state index contributed by atoms with van der Waals surface area (Å²) in [6.45, 7) is 2.01. The van der Waals surface area contributed by atoms with Gasteiger partial charge >= 0.3 is 0 Å². The number of hydrogen-bond acceptors (Lipinski definition) is 4. The number of carbonyl (C=O) groups excluding carboxylic acids is 1. The first kappa shape index (κ1) is 16.4. The summed E-state index contributed by atoms with van der Waals surface area (Å²) in [5.74, 6) is 0.259. The second-order valence-corrected chi connectivity index (χ2v) is 6.89. The van der Waals surface area contributed by atoms with Crippen molar-refractivity contribution in [3.63, 3.8) is 0 Å². The molecule has 6 heteroatoms. The summed E-state index contributed by atoms with van der Waals surface area (Å²) in [5, 5.41) is 3.64. The van der Waals surface area contributed by atoms with Gasteiger partial charge in [-0.3, -0.25) is 14.6 Å². The Labute approximate surface area is 150 Å². The maximum Gasteiger partial charge on any atom is 0.260 e. The Morgan fingerprint density at radius 1 is 1.27 bits per heavy atom. The van der Waals surface area contributed by atoms with Gasteiger partial charge in [0.1, 0.15) is 0 Å². The van der Waals surface area contributed by atoms with Crippen LogP contribution < -0.4 is 10.9 Å². The van der Waals surface area contributed by atoms with Crippen LogP contribution in [0.15, 0.2) is 47.7 Å². The maximum atomic E-state index is 12.8. The fourth-order valence-electron chi connectivity index (χ4n) is 3.24. The third-order valence-electron chi connectivity index (χ3n) is 4.91. The molecule has 1 fully saturated rings. The van der Waals surface area contributed by atoms with Crippen LogP contribution in [-0.4, -0.2) is 20.4 Å². The number of rotatable bonds is 4. The summed E-state index contributed by atoms with van der Waals surface area (Å²) in [4.78, 5) is 33.7. The van der Waals surface area contributed by atoms with Crippen molar-refractivity contribution in [1.82, 2.24) is 19.9 Å². The monoisotopic (exact) mass is 348 g/mol. The van der Waals surface area contributed by atoms with Crippen LogP contribution in [0, 0.1) is 12.8 Å². The van der Waals surface area contributed by atoms with E-state index in [1.54, 1.807) is 31.4 Å². The molecule has 26 heavy (non-hydrogen) atoms. The van der Waals surface area contributed by atoms with Gasteiger partial charge in [-0.25, -0.2) is 4.98 Å². The number of nitrogens with one attached hydrogen (secondary N) is 1. The molecule has 0 radical (unpaired) electrons. The summed E-state index contributed by atoms with van der Waals surface area (Å²) in [6, 6.07) is 8.84. The normalized spacial score (nSPS) is 15.0. The summed E-state index contributed by atoms with van der Waals surface area (Å²) in [7, 11) is 1.66. The Hall–Kier alpha value is -3.02. The molecular weight excluding hydrogens is 328 g/mol. The molecular formula is C20H20N4O2. The Kier molecular flexibility index (Phi) is 4.03. The van der Waals surface area contributed by atoms with Gasteiger partial charge in [0.2, 0.25) is 0 Å². The Bertz CT molecular complexity index is 1050. The molecule has 0 spiro atoms. The van der Waals surface area contributed by atoms with Gasteiger partial charge in [0.25, 0.3) is 11.5 Å². The molecule has 1 amide bonds. The van der Waals surface area contributed by atoms with Crippen molar-refractivity contribution >= 4 is 16.8 Å².